The molecule has 160 valence electrons. The van der Waals surface area contributed by atoms with Gasteiger partial charge < -0.3 is 5.32 Å². The summed E-state index contributed by atoms with van der Waals surface area (Å²) in [6.45, 7) is 5.87. The van der Waals surface area contributed by atoms with E-state index >= 15 is 0 Å². The lowest BCUT2D eigenvalue weighted by molar-refractivity contribution is -0.125. The lowest BCUT2D eigenvalue weighted by atomic mass is 10.0. The van der Waals surface area contributed by atoms with Gasteiger partial charge in [0.25, 0.3) is 5.91 Å². The number of carbonyl (C=O) groups is 2. The first-order valence-corrected chi connectivity index (χ1v) is 11.0. The second kappa shape index (κ2) is 8.63. The average molecular weight is 439 g/mol. The number of para-hydroxylation sites is 1. The van der Waals surface area contributed by atoms with E-state index in [0.29, 0.717) is 29.0 Å². The zero-order valence-corrected chi connectivity index (χ0v) is 18.3. The van der Waals surface area contributed by atoms with Crippen LogP contribution in [0.25, 0.3) is 0 Å². The van der Waals surface area contributed by atoms with Gasteiger partial charge in [0.15, 0.2) is 5.17 Å². The topological polar surface area (TPSA) is 74.1 Å². The Morgan fingerprint density at radius 3 is 2.58 bits per heavy atom. The predicted molar refractivity (Wildman–Crippen MR) is 122 cm³/mol. The molecule has 2 heterocycles. The molecule has 2 amide bonds. The first-order valence-electron chi connectivity index (χ1n) is 10.2. The second-order valence-electron chi connectivity index (χ2n) is 7.94. The largest absolute Gasteiger partial charge is 0.325 e. The van der Waals surface area contributed by atoms with Gasteiger partial charge in [-0.05, 0) is 55.7 Å². The highest BCUT2D eigenvalue weighted by atomic mass is 32.2. The van der Waals surface area contributed by atoms with Gasteiger partial charge in [0.05, 0.1) is 10.9 Å². The number of nitrogens with one attached hydrogen (secondary N) is 1. The van der Waals surface area contributed by atoms with Crippen molar-refractivity contribution in [1.29, 1.82) is 0 Å². The van der Waals surface area contributed by atoms with E-state index in [1.165, 1.54) is 36.0 Å². The molecule has 2 atom stereocenters. The summed E-state index contributed by atoms with van der Waals surface area (Å²) in [5, 5.41) is 2.67. The summed E-state index contributed by atoms with van der Waals surface area (Å²) < 4.78 is 13.1. The molecule has 0 saturated heterocycles. The smallest absolute Gasteiger partial charge is 0.259 e. The van der Waals surface area contributed by atoms with Crippen LogP contribution in [-0.4, -0.2) is 39.0 Å². The molecule has 31 heavy (non-hydrogen) atoms. The Kier molecular flexibility index (Phi) is 5.91. The molecule has 2 unspecified atom stereocenters. The van der Waals surface area contributed by atoms with Gasteiger partial charge in [-0.1, -0.05) is 37.7 Å². The number of benzene rings is 2. The lowest BCUT2D eigenvalue weighted by Gasteiger charge is -2.27. The summed E-state index contributed by atoms with van der Waals surface area (Å²) in [4.78, 5) is 36.8. The van der Waals surface area contributed by atoms with E-state index in [-0.39, 0.29) is 17.6 Å². The van der Waals surface area contributed by atoms with E-state index in [0.717, 1.165) is 11.3 Å². The van der Waals surface area contributed by atoms with Crippen molar-refractivity contribution in [3.05, 3.63) is 59.9 Å². The van der Waals surface area contributed by atoms with Crippen molar-refractivity contribution >= 4 is 46.0 Å². The van der Waals surface area contributed by atoms with E-state index in [4.69, 9.17) is 4.99 Å². The third-order valence-electron chi connectivity index (χ3n) is 5.01. The Bertz CT molecular complexity index is 1080. The maximum absolute atomic E-state index is 13.2. The van der Waals surface area contributed by atoms with Crippen LogP contribution in [0.1, 0.15) is 32.8 Å². The monoisotopic (exact) mass is 438 g/mol. The highest BCUT2D eigenvalue weighted by Gasteiger charge is 2.42. The van der Waals surface area contributed by atoms with E-state index in [9.17, 15) is 14.0 Å². The van der Waals surface area contributed by atoms with Crippen molar-refractivity contribution in [3.63, 3.8) is 0 Å². The molecule has 2 aromatic rings. The molecule has 8 heteroatoms. The van der Waals surface area contributed by atoms with E-state index < -0.39 is 11.3 Å². The van der Waals surface area contributed by atoms with Crippen LogP contribution in [0.4, 0.5) is 15.8 Å². The Morgan fingerprint density at radius 1 is 1.16 bits per heavy atom. The number of nitrogens with zero attached hydrogens (tertiary/aromatic N) is 3. The molecular weight excluding hydrogens is 415 g/mol. The molecule has 1 N–H and O–H groups in total. The zero-order valence-electron chi connectivity index (χ0n) is 17.5. The van der Waals surface area contributed by atoms with Crippen LogP contribution in [0.5, 0.6) is 0 Å². The standard InChI is InChI=1S/C23H23FN4O2S/c1-13(2)12-19-22(30)28-20(26-19)17-6-4-5-7-18(17)27-23(28)31-14(3)21(29)25-16-10-8-15(24)9-11-16/h4-11,13-14,19H,12H2,1-3H3,(H,25,29). The van der Waals surface area contributed by atoms with Crippen molar-refractivity contribution in [3.8, 4) is 0 Å². The third-order valence-corrected chi connectivity index (χ3v) is 6.06. The SMILES string of the molecule is CC(C)CC1N=C2c3ccccc3N=C(SC(C)C(=O)Nc3ccc(F)cc3)N2C1=O. The first-order chi connectivity index (χ1) is 14.8. The number of amidine groups is 2. The van der Waals surface area contributed by atoms with E-state index in [2.05, 4.69) is 24.2 Å². The second-order valence-corrected chi connectivity index (χ2v) is 9.25. The molecule has 0 fully saturated rings. The van der Waals surface area contributed by atoms with Crippen molar-refractivity contribution in [2.24, 2.45) is 15.9 Å². The number of hydrogen-bond acceptors (Lipinski definition) is 5. The van der Waals surface area contributed by atoms with Crippen LogP contribution >= 0.6 is 11.8 Å². The molecule has 0 radical (unpaired) electrons. The fraction of sp³-hybridized carbons (Fsp3) is 0.304. The molecule has 2 aliphatic heterocycles. The Balaban J connectivity index is 1.58. The van der Waals surface area contributed by atoms with Crippen molar-refractivity contribution in [1.82, 2.24) is 4.90 Å². The maximum Gasteiger partial charge on any atom is 0.259 e. The summed E-state index contributed by atoms with van der Waals surface area (Å²) in [7, 11) is 0. The van der Waals surface area contributed by atoms with Gasteiger partial charge in [-0.3, -0.25) is 14.6 Å². The highest BCUT2D eigenvalue weighted by molar-refractivity contribution is 8.15. The van der Waals surface area contributed by atoms with Crippen LogP contribution in [0.3, 0.4) is 0 Å². The third kappa shape index (κ3) is 4.39. The van der Waals surface area contributed by atoms with Gasteiger partial charge in [-0.15, -0.1) is 0 Å². The fourth-order valence-electron chi connectivity index (χ4n) is 3.47. The number of rotatable bonds is 5. The number of halogens is 1. The molecule has 0 aliphatic carbocycles. The van der Waals surface area contributed by atoms with Gasteiger partial charge >= 0.3 is 0 Å². The van der Waals surface area contributed by atoms with Gasteiger partial charge in [-0.25, -0.2) is 14.3 Å². The quantitative estimate of drug-likeness (QED) is 0.742. The molecule has 0 aromatic heterocycles. The summed E-state index contributed by atoms with van der Waals surface area (Å²) in [5.74, 6) is 0.168. The van der Waals surface area contributed by atoms with Crippen LogP contribution in [0.2, 0.25) is 0 Å². The zero-order chi connectivity index (χ0) is 22.1. The summed E-state index contributed by atoms with van der Waals surface area (Å²) in [5.41, 5.74) is 2.05. The van der Waals surface area contributed by atoms with Crippen molar-refractivity contribution in [2.75, 3.05) is 5.32 Å². The lowest BCUT2D eigenvalue weighted by Crippen LogP contribution is -2.42. The normalized spacial score (nSPS) is 18.3. The van der Waals surface area contributed by atoms with Crippen molar-refractivity contribution in [2.45, 2.75) is 38.5 Å². The number of aliphatic imine (C=N–C) groups is 2. The number of carbonyl (C=O) groups excluding carboxylic acids is 2. The van der Waals surface area contributed by atoms with Crippen LogP contribution in [0, 0.1) is 11.7 Å². The molecule has 0 bridgehead atoms. The van der Waals surface area contributed by atoms with Gasteiger partial charge in [-0.2, -0.15) is 0 Å². The van der Waals surface area contributed by atoms with Gasteiger partial charge in [0.1, 0.15) is 17.7 Å². The summed E-state index contributed by atoms with van der Waals surface area (Å²) >= 11 is 1.20. The number of thioether (sulfide) groups is 1. The Hall–Kier alpha value is -3.00. The molecule has 0 saturated carbocycles. The van der Waals surface area contributed by atoms with Gasteiger partial charge in [0, 0.05) is 11.3 Å². The minimum absolute atomic E-state index is 0.115. The molecule has 0 spiro atoms. The molecule has 6 nitrogen and oxygen atoms in total. The van der Waals surface area contributed by atoms with Crippen LogP contribution < -0.4 is 5.32 Å². The van der Waals surface area contributed by atoms with E-state index in [1.54, 1.807) is 11.8 Å². The summed E-state index contributed by atoms with van der Waals surface area (Å²) in [6.07, 6.45) is 0.652. The molecule has 4 rings (SSSR count). The molecule has 2 aromatic carbocycles. The highest BCUT2D eigenvalue weighted by Crippen LogP contribution is 2.35. The number of fused-ring (bicyclic) bond motifs is 3. The molecular formula is C23H23FN4O2S. The minimum atomic E-state index is -0.535. The number of hydrogen-bond donors (Lipinski definition) is 1. The summed E-state index contributed by atoms with van der Waals surface area (Å²) in [6, 6.07) is 12.7. The maximum atomic E-state index is 13.2. The Labute approximate surface area is 184 Å². The Morgan fingerprint density at radius 2 is 1.87 bits per heavy atom. The number of anilines is 1. The van der Waals surface area contributed by atoms with E-state index in [1.807, 2.05) is 24.3 Å². The fourth-order valence-corrected chi connectivity index (χ4v) is 4.39. The van der Waals surface area contributed by atoms with Crippen LogP contribution in [0.15, 0.2) is 58.5 Å². The average Bonchev–Trinajstić information content (AvgIpc) is 3.06. The predicted octanol–water partition coefficient (Wildman–Crippen LogP) is 4.59. The van der Waals surface area contributed by atoms with Crippen molar-refractivity contribution < 1.29 is 14.0 Å². The minimum Gasteiger partial charge on any atom is -0.325 e. The van der Waals surface area contributed by atoms with Crippen LogP contribution in [-0.2, 0) is 9.59 Å². The van der Waals surface area contributed by atoms with Gasteiger partial charge in [0.2, 0.25) is 5.91 Å². The first kappa shape index (κ1) is 21.2. The molecule has 2 aliphatic rings. The number of amides is 2.